The summed E-state index contributed by atoms with van der Waals surface area (Å²) in [6.07, 6.45) is 2.69. The Morgan fingerprint density at radius 3 is 3.00 bits per heavy atom. The maximum absolute atomic E-state index is 12.2. The molecule has 98 valence electrons. The Morgan fingerprint density at radius 2 is 2.44 bits per heavy atom. The fraction of sp³-hybridized carbons (Fsp3) is 0.667. The first-order chi connectivity index (χ1) is 8.63. The van der Waals surface area contributed by atoms with Crippen LogP contribution in [0.5, 0.6) is 0 Å². The lowest BCUT2D eigenvalue weighted by atomic mass is 9.92. The molecule has 2 saturated heterocycles. The highest BCUT2D eigenvalue weighted by Gasteiger charge is 2.51. The van der Waals surface area contributed by atoms with E-state index in [1.807, 2.05) is 16.7 Å². The number of carbonyl (C=O) groups excluding carboxylic acids is 1. The fourth-order valence-electron chi connectivity index (χ4n) is 2.62. The van der Waals surface area contributed by atoms with Gasteiger partial charge < -0.3 is 14.1 Å². The van der Waals surface area contributed by atoms with E-state index in [1.54, 1.807) is 14.0 Å². The Morgan fingerprint density at radius 1 is 1.67 bits per heavy atom. The highest BCUT2D eigenvalue weighted by Crippen LogP contribution is 2.46. The lowest BCUT2D eigenvalue weighted by Gasteiger charge is -2.47. The van der Waals surface area contributed by atoms with E-state index in [4.69, 9.17) is 9.15 Å². The maximum atomic E-state index is 12.2. The van der Waals surface area contributed by atoms with Gasteiger partial charge in [0.2, 0.25) is 5.76 Å². The molecule has 1 atom stereocenters. The van der Waals surface area contributed by atoms with Gasteiger partial charge in [-0.05, 0) is 13.3 Å². The van der Waals surface area contributed by atoms with Crippen LogP contribution in [0.4, 0.5) is 0 Å². The Hall–Kier alpha value is -1.01. The van der Waals surface area contributed by atoms with Crippen LogP contribution in [-0.4, -0.2) is 52.6 Å². The molecule has 3 heterocycles. The number of ether oxygens (including phenoxy) is 1. The third-order valence-corrected chi connectivity index (χ3v) is 5.27. The minimum Gasteiger partial charge on any atom is -0.438 e. The third-order valence-electron chi connectivity index (χ3n) is 3.69. The van der Waals surface area contributed by atoms with Gasteiger partial charge in [0.05, 0.1) is 16.5 Å². The van der Waals surface area contributed by atoms with Crippen molar-refractivity contribution in [3.8, 4) is 0 Å². The summed E-state index contributed by atoms with van der Waals surface area (Å²) < 4.78 is 10.7. The molecule has 0 bridgehead atoms. The van der Waals surface area contributed by atoms with Gasteiger partial charge in [-0.3, -0.25) is 4.79 Å². The number of likely N-dealkylation sites (tertiary alicyclic amines) is 1. The van der Waals surface area contributed by atoms with E-state index >= 15 is 0 Å². The molecule has 3 rings (SSSR count). The molecule has 0 N–H and O–H groups in total. The molecule has 0 unspecified atom stereocenters. The number of aryl methyl sites for hydroxylation is 1. The molecule has 1 amide bonds. The zero-order chi connectivity index (χ0) is 12.8. The van der Waals surface area contributed by atoms with Gasteiger partial charge in [-0.25, -0.2) is 4.98 Å². The van der Waals surface area contributed by atoms with Crippen LogP contribution >= 0.6 is 11.8 Å². The normalized spacial score (nSPS) is 25.4. The molecule has 2 fully saturated rings. The van der Waals surface area contributed by atoms with E-state index in [0.29, 0.717) is 17.6 Å². The van der Waals surface area contributed by atoms with Gasteiger partial charge in [-0.15, -0.1) is 11.8 Å². The summed E-state index contributed by atoms with van der Waals surface area (Å²) in [4.78, 5) is 17.9. The highest BCUT2D eigenvalue weighted by molar-refractivity contribution is 8.01. The van der Waals surface area contributed by atoms with Crippen LogP contribution in [0, 0.1) is 6.92 Å². The highest BCUT2D eigenvalue weighted by atomic mass is 32.2. The molecule has 1 aromatic heterocycles. The van der Waals surface area contributed by atoms with Crippen LogP contribution in [0.15, 0.2) is 10.8 Å². The van der Waals surface area contributed by atoms with Crippen molar-refractivity contribution in [3.63, 3.8) is 0 Å². The summed E-state index contributed by atoms with van der Waals surface area (Å²) in [5.74, 6) is 1.35. The van der Waals surface area contributed by atoms with E-state index in [1.165, 1.54) is 6.39 Å². The molecule has 2 aliphatic rings. The molecule has 0 aliphatic carbocycles. The zero-order valence-corrected chi connectivity index (χ0v) is 11.3. The van der Waals surface area contributed by atoms with Gasteiger partial charge in [0.25, 0.3) is 5.91 Å². The van der Waals surface area contributed by atoms with Crippen LogP contribution < -0.4 is 0 Å². The monoisotopic (exact) mass is 268 g/mol. The smallest absolute Gasteiger partial charge is 0.291 e. The van der Waals surface area contributed by atoms with E-state index in [2.05, 4.69) is 4.98 Å². The minimum absolute atomic E-state index is 0.0444. The molecular weight excluding hydrogens is 252 g/mol. The SMILES string of the molecule is CO[C@@H]1CSC2(C1)CN(C(=O)c1ocnc1C)C2. The van der Waals surface area contributed by atoms with Crippen molar-refractivity contribution in [1.82, 2.24) is 9.88 Å². The van der Waals surface area contributed by atoms with Gasteiger partial charge in [0.15, 0.2) is 6.39 Å². The molecule has 2 aliphatic heterocycles. The number of hydrogen-bond donors (Lipinski definition) is 0. The number of hydrogen-bond acceptors (Lipinski definition) is 5. The maximum Gasteiger partial charge on any atom is 0.291 e. The van der Waals surface area contributed by atoms with Crippen LogP contribution in [0.3, 0.4) is 0 Å². The Balaban J connectivity index is 1.63. The van der Waals surface area contributed by atoms with Crippen molar-refractivity contribution in [2.45, 2.75) is 24.2 Å². The zero-order valence-electron chi connectivity index (χ0n) is 10.5. The summed E-state index contributed by atoms with van der Waals surface area (Å²) in [6.45, 7) is 3.37. The quantitative estimate of drug-likeness (QED) is 0.810. The fourth-order valence-corrected chi connectivity index (χ4v) is 4.21. The number of nitrogens with zero attached hydrogens (tertiary/aromatic N) is 2. The Kier molecular flexibility index (Phi) is 2.86. The number of carbonyl (C=O) groups is 1. The second-order valence-corrected chi connectivity index (χ2v) is 6.47. The molecule has 6 heteroatoms. The van der Waals surface area contributed by atoms with Crippen molar-refractivity contribution < 1.29 is 13.9 Å². The number of rotatable bonds is 2. The number of amides is 1. The summed E-state index contributed by atoms with van der Waals surface area (Å²) in [5, 5.41) is 0. The molecule has 0 radical (unpaired) electrons. The molecule has 1 aromatic rings. The Labute approximate surface area is 110 Å². The van der Waals surface area contributed by atoms with E-state index in [0.717, 1.165) is 25.3 Å². The topological polar surface area (TPSA) is 55.6 Å². The predicted molar refractivity (Wildman–Crippen MR) is 67.7 cm³/mol. The third kappa shape index (κ3) is 1.83. The van der Waals surface area contributed by atoms with Crippen molar-refractivity contribution in [2.24, 2.45) is 0 Å². The number of methoxy groups -OCH3 is 1. The average Bonchev–Trinajstić information content (AvgIpc) is 2.92. The largest absolute Gasteiger partial charge is 0.438 e. The number of aromatic nitrogens is 1. The first kappa shape index (κ1) is 12.0. The molecule has 0 saturated carbocycles. The standard InChI is InChI=1S/C12H16N2O3S/c1-8-10(17-7-13-8)11(15)14-5-12(6-14)3-9(16-2)4-18-12/h7,9H,3-6H2,1-2H3/t9-/m0/s1. The molecule has 1 spiro atoms. The Bertz CT molecular complexity index is 468. The molecule has 18 heavy (non-hydrogen) atoms. The summed E-state index contributed by atoms with van der Waals surface area (Å²) in [5.41, 5.74) is 0.662. The summed E-state index contributed by atoms with van der Waals surface area (Å²) >= 11 is 1.92. The van der Waals surface area contributed by atoms with Gasteiger partial charge in [0, 0.05) is 26.0 Å². The van der Waals surface area contributed by atoms with Gasteiger partial charge in [0.1, 0.15) is 0 Å². The van der Waals surface area contributed by atoms with Crippen LogP contribution in [0.1, 0.15) is 22.7 Å². The van der Waals surface area contributed by atoms with Gasteiger partial charge in [-0.1, -0.05) is 0 Å². The predicted octanol–water partition coefficient (Wildman–Crippen LogP) is 1.33. The van der Waals surface area contributed by atoms with E-state index in [-0.39, 0.29) is 10.7 Å². The average molecular weight is 268 g/mol. The van der Waals surface area contributed by atoms with Crippen LogP contribution in [0.2, 0.25) is 0 Å². The molecule has 5 nitrogen and oxygen atoms in total. The number of oxazole rings is 1. The van der Waals surface area contributed by atoms with Crippen LogP contribution in [0.25, 0.3) is 0 Å². The summed E-state index contributed by atoms with van der Waals surface area (Å²) in [7, 11) is 1.75. The van der Waals surface area contributed by atoms with Crippen LogP contribution in [-0.2, 0) is 4.74 Å². The lowest BCUT2D eigenvalue weighted by Crippen LogP contribution is -2.60. The second kappa shape index (κ2) is 4.28. The lowest BCUT2D eigenvalue weighted by molar-refractivity contribution is 0.0424. The van der Waals surface area contributed by atoms with Crippen molar-refractivity contribution in [1.29, 1.82) is 0 Å². The molecule has 0 aromatic carbocycles. The molecular formula is C12H16N2O3S. The first-order valence-corrected chi connectivity index (χ1v) is 6.98. The van der Waals surface area contributed by atoms with E-state index < -0.39 is 0 Å². The minimum atomic E-state index is -0.0444. The van der Waals surface area contributed by atoms with E-state index in [9.17, 15) is 4.79 Å². The number of thioether (sulfide) groups is 1. The summed E-state index contributed by atoms with van der Waals surface area (Å²) in [6, 6.07) is 0. The van der Waals surface area contributed by atoms with Gasteiger partial charge in [-0.2, -0.15) is 0 Å². The van der Waals surface area contributed by atoms with Crippen molar-refractivity contribution in [2.75, 3.05) is 26.0 Å². The van der Waals surface area contributed by atoms with Crippen molar-refractivity contribution in [3.05, 3.63) is 17.8 Å². The van der Waals surface area contributed by atoms with Crippen molar-refractivity contribution >= 4 is 17.7 Å². The first-order valence-electron chi connectivity index (χ1n) is 6.00. The van der Waals surface area contributed by atoms with Gasteiger partial charge >= 0.3 is 0 Å². The second-order valence-electron chi connectivity index (χ2n) is 4.98.